The number of H-pyrrole nitrogens is 1. The van der Waals surface area contributed by atoms with E-state index in [1.807, 2.05) is 0 Å². The Hall–Kier alpha value is -1.88. The van der Waals surface area contributed by atoms with Gasteiger partial charge in [0, 0.05) is 0 Å². The number of hydrogen-bond donors (Lipinski definition) is 9. The van der Waals surface area contributed by atoms with Crippen molar-refractivity contribution in [3.8, 4) is 0 Å². The van der Waals surface area contributed by atoms with Crippen LogP contribution in [0.3, 0.4) is 0 Å². The summed E-state index contributed by atoms with van der Waals surface area (Å²) in [5.74, 6) is 0.433. The molecule has 0 fully saturated rings. The van der Waals surface area contributed by atoms with E-state index < -0.39 is 46.7 Å². The van der Waals surface area contributed by atoms with Gasteiger partial charge in [0.25, 0.3) is 0 Å². The van der Waals surface area contributed by atoms with Gasteiger partial charge in [0.1, 0.15) is 30.2 Å². The second-order valence-electron chi connectivity index (χ2n) is 5.34. The number of carbonyl (C=O) groups excluding carboxylic acids is 1. The van der Waals surface area contributed by atoms with E-state index >= 15 is 0 Å². The van der Waals surface area contributed by atoms with Crippen LogP contribution in [0.2, 0.25) is 0 Å². The van der Waals surface area contributed by atoms with Crippen molar-refractivity contribution in [3.05, 3.63) is 12.7 Å². The van der Waals surface area contributed by atoms with Crippen LogP contribution in [0.4, 0.5) is 5.82 Å². The second-order valence-corrected chi connectivity index (χ2v) is 8.12. The number of nitrogens with one attached hydrogen (secondary N) is 1. The highest BCUT2D eigenvalue weighted by Crippen LogP contribution is 2.58. The molecule has 2 aromatic heterocycles. The van der Waals surface area contributed by atoms with E-state index in [-0.39, 0.29) is 6.29 Å². The van der Waals surface area contributed by atoms with Gasteiger partial charge in [-0.25, -0.2) is 24.1 Å². The zero-order valence-corrected chi connectivity index (χ0v) is 16.5. The first-order valence-corrected chi connectivity index (χ1v) is 10.6. The van der Waals surface area contributed by atoms with Gasteiger partial charge in [-0.3, -0.25) is 4.52 Å². The van der Waals surface area contributed by atoms with Gasteiger partial charge >= 0.3 is 15.6 Å². The van der Waals surface area contributed by atoms with Gasteiger partial charge in [-0.15, -0.1) is 0 Å². The molecule has 2 aromatic rings. The number of aromatic amines is 1. The molecule has 0 aliphatic carbocycles. The number of fused-ring (bicyclic) bond motifs is 1. The first-order chi connectivity index (χ1) is 13.8. The number of anilines is 1. The third-order valence-corrected chi connectivity index (χ3v) is 5.30. The van der Waals surface area contributed by atoms with Crippen molar-refractivity contribution < 1.29 is 57.9 Å². The molecule has 10 N–H and O–H groups in total. The Kier molecular flexibility index (Phi) is 9.54. The monoisotopic (exact) mass is 475 g/mol. The lowest BCUT2D eigenvalue weighted by Gasteiger charge is -2.26. The number of carbonyl (C=O) groups is 1. The van der Waals surface area contributed by atoms with Crippen molar-refractivity contribution in [2.24, 2.45) is 0 Å². The van der Waals surface area contributed by atoms with Crippen LogP contribution in [0.25, 0.3) is 11.2 Å². The van der Waals surface area contributed by atoms with Gasteiger partial charge in [-0.2, -0.15) is 4.31 Å². The van der Waals surface area contributed by atoms with E-state index in [9.17, 15) is 24.1 Å². The zero-order valence-electron chi connectivity index (χ0n) is 14.7. The summed E-state index contributed by atoms with van der Waals surface area (Å²) in [5, 5.41) is 36.2. The third kappa shape index (κ3) is 8.10. The molecule has 5 atom stereocenters. The van der Waals surface area contributed by atoms with Crippen LogP contribution < -0.4 is 5.73 Å². The number of nitrogens with zero attached hydrogens (tertiary/aromatic N) is 3. The van der Waals surface area contributed by atoms with Gasteiger partial charge < -0.3 is 50.6 Å². The van der Waals surface area contributed by atoms with E-state index in [1.165, 1.54) is 12.7 Å². The largest absolute Gasteiger partial charge is 0.481 e. The van der Waals surface area contributed by atoms with E-state index in [0.29, 0.717) is 17.0 Å². The molecular weight excluding hydrogens is 456 g/mol. The summed E-state index contributed by atoms with van der Waals surface area (Å²) in [6.07, 6.45) is -5.90. The summed E-state index contributed by atoms with van der Waals surface area (Å²) < 4.78 is 28.8. The van der Waals surface area contributed by atoms with Crippen molar-refractivity contribution in [1.82, 2.24) is 19.9 Å². The molecule has 2 heterocycles. The molecule has 30 heavy (non-hydrogen) atoms. The Morgan fingerprint density at radius 3 is 2.27 bits per heavy atom. The lowest BCUT2D eigenvalue weighted by atomic mass is 10.0. The van der Waals surface area contributed by atoms with Gasteiger partial charge in [0.2, 0.25) is 0 Å². The molecule has 17 nitrogen and oxygen atoms in total. The van der Waals surface area contributed by atoms with Gasteiger partial charge in [-0.1, -0.05) is 0 Å². The van der Waals surface area contributed by atoms with Gasteiger partial charge in [-0.05, 0) is 0 Å². The SMILES string of the molecule is Nc1ncnc2nc[nH]c12.O=C[C@H](OP(=O)(O)OP(=O)(O)O)[C@@H](O)[C@H](O)[C@H](O)CO. The zero-order chi connectivity index (χ0) is 23.1. The molecule has 1 unspecified atom stereocenters. The number of nitrogens with two attached hydrogens (primary N) is 1. The van der Waals surface area contributed by atoms with Gasteiger partial charge in [0.15, 0.2) is 23.9 Å². The van der Waals surface area contributed by atoms with E-state index in [1.54, 1.807) is 0 Å². The molecule has 0 saturated heterocycles. The summed E-state index contributed by atoms with van der Waals surface area (Å²) in [6.45, 7) is -1.00. The topological polar surface area (TPSA) is 292 Å². The summed E-state index contributed by atoms with van der Waals surface area (Å²) in [6, 6.07) is 0. The minimum Gasteiger partial charge on any atom is -0.394 e. The Morgan fingerprint density at radius 2 is 1.77 bits per heavy atom. The molecule has 19 heteroatoms. The number of rotatable bonds is 9. The minimum atomic E-state index is -5.43. The molecule has 0 saturated carbocycles. The predicted octanol–water partition coefficient (Wildman–Crippen LogP) is -3.21. The molecule has 0 aromatic carbocycles. The highest BCUT2D eigenvalue weighted by atomic mass is 31.3. The molecule has 2 rings (SSSR count). The second kappa shape index (κ2) is 10.9. The fourth-order valence-electron chi connectivity index (χ4n) is 1.79. The maximum Gasteiger partial charge on any atom is 0.481 e. The van der Waals surface area contributed by atoms with Crippen molar-refractivity contribution in [1.29, 1.82) is 0 Å². The van der Waals surface area contributed by atoms with E-state index in [4.69, 9.17) is 30.6 Å². The lowest BCUT2D eigenvalue weighted by molar-refractivity contribution is -0.134. The number of aromatic nitrogens is 4. The van der Waals surface area contributed by atoms with Crippen molar-refractivity contribution in [2.45, 2.75) is 24.4 Å². The van der Waals surface area contributed by atoms with Crippen LogP contribution in [-0.2, 0) is 22.8 Å². The Morgan fingerprint density at radius 1 is 1.13 bits per heavy atom. The fourth-order valence-corrected chi connectivity index (χ4v) is 3.50. The molecule has 0 spiro atoms. The average Bonchev–Trinajstić information content (AvgIpc) is 3.13. The number of nitrogen functional groups attached to an aromatic ring is 1. The van der Waals surface area contributed by atoms with Crippen LogP contribution in [0, 0.1) is 0 Å². The first-order valence-electron chi connectivity index (χ1n) is 7.59. The standard InChI is InChI=1S/C6H14O12P2.C5H5N5/c7-1-3(9)5(10)6(11)4(2-8)17-20(15,16)18-19(12,13)14;6-4-3-5(9-1-7-3)10-2-8-4/h2-7,9-11H,1H2,(H,15,16)(H2,12,13,14);1-2H,(H3,6,7,8,9,10)/t3-,4+,5-,6-;/m1./s1. The third-order valence-electron chi connectivity index (χ3n) is 3.12. The fraction of sp³-hybridized carbons (Fsp3) is 0.455. The Bertz CT molecular complexity index is 921. The molecule has 170 valence electrons. The number of aliphatic hydroxyl groups excluding tert-OH is 4. The number of phosphoric ester groups is 1. The van der Waals surface area contributed by atoms with Crippen molar-refractivity contribution >= 4 is 38.9 Å². The maximum atomic E-state index is 11.1. The van der Waals surface area contributed by atoms with Crippen LogP contribution >= 0.6 is 15.6 Å². The van der Waals surface area contributed by atoms with Crippen molar-refractivity contribution in [3.63, 3.8) is 0 Å². The summed E-state index contributed by atoms with van der Waals surface area (Å²) >= 11 is 0. The molecule has 0 amide bonds. The number of aliphatic hydroxyl groups is 4. The number of aldehydes is 1. The molecule has 0 radical (unpaired) electrons. The molecule has 0 aliphatic heterocycles. The number of hydrogen-bond acceptors (Lipinski definition) is 13. The average molecular weight is 475 g/mol. The van der Waals surface area contributed by atoms with E-state index in [2.05, 4.69) is 28.8 Å². The quantitative estimate of drug-likeness (QED) is 0.127. The van der Waals surface area contributed by atoms with Crippen LogP contribution in [0.1, 0.15) is 0 Å². The lowest BCUT2D eigenvalue weighted by Crippen LogP contribution is -2.47. The molecule has 0 aliphatic rings. The summed E-state index contributed by atoms with van der Waals surface area (Å²) in [7, 11) is -10.8. The summed E-state index contributed by atoms with van der Waals surface area (Å²) in [5.41, 5.74) is 6.78. The Labute approximate surface area is 167 Å². The predicted molar refractivity (Wildman–Crippen MR) is 95.1 cm³/mol. The number of imidazole rings is 1. The van der Waals surface area contributed by atoms with Crippen LogP contribution in [-0.4, -0.2) is 92.4 Å². The highest BCUT2D eigenvalue weighted by molar-refractivity contribution is 7.60. The van der Waals surface area contributed by atoms with Crippen LogP contribution in [0.15, 0.2) is 12.7 Å². The van der Waals surface area contributed by atoms with Crippen molar-refractivity contribution in [2.75, 3.05) is 12.3 Å². The minimum absolute atomic E-state index is 0.274. The Balaban J connectivity index is 0.000000367. The van der Waals surface area contributed by atoms with E-state index in [0.717, 1.165) is 0 Å². The molecular formula is C11H19N5O12P2. The highest BCUT2D eigenvalue weighted by Gasteiger charge is 2.40. The smallest absolute Gasteiger partial charge is 0.394 e. The normalized spacial score (nSPS) is 17.8. The number of phosphoric acid groups is 2. The van der Waals surface area contributed by atoms with Crippen LogP contribution in [0.5, 0.6) is 0 Å². The summed E-state index contributed by atoms with van der Waals surface area (Å²) in [4.78, 5) is 50.5. The maximum absolute atomic E-state index is 11.1. The molecule has 0 bridgehead atoms. The van der Waals surface area contributed by atoms with Gasteiger partial charge in [0.05, 0.1) is 12.9 Å². The first kappa shape index (κ1) is 26.2.